The molecule has 0 aliphatic carbocycles. The van der Waals surface area contributed by atoms with Gasteiger partial charge in [-0.25, -0.2) is 0 Å². The van der Waals surface area contributed by atoms with Crippen molar-refractivity contribution in [3.8, 4) is 0 Å². The minimum atomic E-state index is 0.0578. The highest BCUT2D eigenvalue weighted by atomic mass is 16.5. The summed E-state index contributed by atoms with van der Waals surface area (Å²) in [6, 6.07) is 0. The standard InChI is InChI=1S/C6H12N2O/c1-4(2)6-8-7-5(3)9-6/h4-5,7H,1-3H3. The van der Waals surface area contributed by atoms with Crippen LogP contribution in [0.15, 0.2) is 5.10 Å². The van der Waals surface area contributed by atoms with Gasteiger partial charge in [0.15, 0.2) is 6.23 Å². The van der Waals surface area contributed by atoms with Gasteiger partial charge in [0, 0.05) is 5.92 Å². The number of rotatable bonds is 1. The molecule has 1 aliphatic rings. The molecule has 9 heavy (non-hydrogen) atoms. The monoisotopic (exact) mass is 128 g/mol. The predicted octanol–water partition coefficient (Wildman–Crippen LogP) is 0.922. The fourth-order valence-electron chi connectivity index (χ4n) is 0.654. The molecule has 1 atom stereocenters. The fourth-order valence-corrected chi connectivity index (χ4v) is 0.654. The van der Waals surface area contributed by atoms with Crippen molar-refractivity contribution in [2.45, 2.75) is 27.0 Å². The van der Waals surface area contributed by atoms with Gasteiger partial charge in [-0.1, -0.05) is 13.8 Å². The molecule has 0 saturated heterocycles. The number of ether oxygens (including phenoxy) is 1. The van der Waals surface area contributed by atoms with Crippen LogP contribution in [0.1, 0.15) is 20.8 Å². The highest BCUT2D eigenvalue weighted by Gasteiger charge is 2.16. The summed E-state index contributed by atoms with van der Waals surface area (Å²) < 4.78 is 5.26. The minimum Gasteiger partial charge on any atom is -0.455 e. The van der Waals surface area contributed by atoms with Crippen LogP contribution in [0.5, 0.6) is 0 Å². The summed E-state index contributed by atoms with van der Waals surface area (Å²) in [4.78, 5) is 0. The SMILES string of the molecule is CC1NN=C(C(C)C)O1. The Morgan fingerprint density at radius 3 is 2.56 bits per heavy atom. The molecule has 1 heterocycles. The van der Waals surface area contributed by atoms with Crippen LogP contribution in [-0.2, 0) is 4.74 Å². The Bertz CT molecular complexity index is 131. The number of nitrogens with one attached hydrogen (secondary N) is 1. The number of nitrogens with zero attached hydrogens (tertiary/aromatic N) is 1. The smallest absolute Gasteiger partial charge is 0.210 e. The lowest BCUT2D eigenvalue weighted by Gasteiger charge is -2.05. The third-order valence-corrected chi connectivity index (χ3v) is 1.15. The minimum absolute atomic E-state index is 0.0578. The molecule has 1 rings (SSSR count). The van der Waals surface area contributed by atoms with Crippen molar-refractivity contribution in [1.29, 1.82) is 0 Å². The lowest BCUT2D eigenvalue weighted by atomic mass is 10.2. The molecular formula is C6H12N2O. The summed E-state index contributed by atoms with van der Waals surface area (Å²) >= 11 is 0. The van der Waals surface area contributed by atoms with Crippen LogP contribution in [0.4, 0.5) is 0 Å². The molecule has 3 heteroatoms. The fraction of sp³-hybridized carbons (Fsp3) is 0.833. The molecule has 0 bridgehead atoms. The van der Waals surface area contributed by atoms with Gasteiger partial charge in [0.05, 0.1) is 0 Å². The quantitative estimate of drug-likeness (QED) is 0.569. The Balaban J connectivity index is 2.45. The molecule has 0 aromatic carbocycles. The van der Waals surface area contributed by atoms with E-state index >= 15 is 0 Å². The van der Waals surface area contributed by atoms with Gasteiger partial charge in [0.25, 0.3) is 0 Å². The van der Waals surface area contributed by atoms with E-state index in [1.165, 1.54) is 0 Å². The van der Waals surface area contributed by atoms with Gasteiger partial charge < -0.3 is 4.74 Å². The van der Waals surface area contributed by atoms with E-state index in [4.69, 9.17) is 4.74 Å². The Hall–Kier alpha value is -0.730. The Kier molecular flexibility index (Phi) is 1.60. The predicted molar refractivity (Wildman–Crippen MR) is 36.0 cm³/mol. The lowest BCUT2D eigenvalue weighted by Crippen LogP contribution is -2.17. The maximum absolute atomic E-state index is 5.26. The maximum Gasteiger partial charge on any atom is 0.210 e. The highest BCUT2D eigenvalue weighted by Crippen LogP contribution is 2.05. The topological polar surface area (TPSA) is 33.6 Å². The van der Waals surface area contributed by atoms with Gasteiger partial charge in [0.2, 0.25) is 5.90 Å². The summed E-state index contributed by atoms with van der Waals surface area (Å²) in [5.41, 5.74) is 2.82. The number of hydrogen-bond donors (Lipinski definition) is 1. The second-order valence-electron chi connectivity index (χ2n) is 2.49. The molecule has 0 aromatic heterocycles. The molecule has 0 aromatic rings. The maximum atomic E-state index is 5.26. The van der Waals surface area contributed by atoms with Gasteiger partial charge in [-0.2, -0.15) is 0 Å². The van der Waals surface area contributed by atoms with Crippen molar-refractivity contribution in [2.24, 2.45) is 11.0 Å². The summed E-state index contributed by atoms with van der Waals surface area (Å²) in [6.45, 7) is 6.04. The van der Waals surface area contributed by atoms with E-state index in [0.29, 0.717) is 5.92 Å². The average Bonchev–Trinajstić information content (AvgIpc) is 2.14. The first kappa shape index (κ1) is 6.39. The van der Waals surface area contributed by atoms with Crippen LogP contribution in [0.2, 0.25) is 0 Å². The normalized spacial score (nSPS) is 25.3. The van der Waals surface area contributed by atoms with E-state index in [-0.39, 0.29) is 6.23 Å². The van der Waals surface area contributed by atoms with Crippen LogP contribution in [0.25, 0.3) is 0 Å². The molecule has 0 saturated carbocycles. The first-order chi connectivity index (χ1) is 4.20. The van der Waals surface area contributed by atoms with E-state index in [1.54, 1.807) is 0 Å². The molecule has 1 unspecified atom stereocenters. The Morgan fingerprint density at radius 1 is 1.67 bits per heavy atom. The van der Waals surface area contributed by atoms with Gasteiger partial charge in [-0.3, -0.25) is 5.43 Å². The zero-order valence-electron chi connectivity index (χ0n) is 6.01. The zero-order chi connectivity index (χ0) is 6.85. The number of hydrazone groups is 1. The van der Waals surface area contributed by atoms with Crippen molar-refractivity contribution in [3.63, 3.8) is 0 Å². The van der Waals surface area contributed by atoms with Crippen LogP contribution in [-0.4, -0.2) is 12.1 Å². The molecule has 1 N–H and O–H groups in total. The van der Waals surface area contributed by atoms with E-state index in [1.807, 2.05) is 6.92 Å². The van der Waals surface area contributed by atoms with Crippen LogP contribution >= 0.6 is 0 Å². The zero-order valence-corrected chi connectivity index (χ0v) is 6.01. The summed E-state index contributed by atoms with van der Waals surface area (Å²) in [6.07, 6.45) is 0.0578. The Labute approximate surface area is 55.1 Å². The van der Waals surface area contributed by atoms with Crippen molar-refractivity contribution in [2.75, 3.05) is 0 Å². The molecule has 3 nitrogen and oxygen atoms in total. The van der Waals surface area contributed by atoms with E-state index in [9.17, 15) is 0 Å². The van der Waals surface area contributed by atoms with Gasteiger partial charge in [-0.15, -0.1) is 5.10 Å². The summed E-state index contributed by atoms with van der Waals surface area (Å²) in [5, 5.41) is 3.96. The van der Waals surface area contributed by atoms with Crippen LogP contribution in [0.3, 0.4) is 0 Å². The van der Waals surface area contributed by atoms with Crippen molar-refractivity contribution in [1.82, 2.24) is 5.43 Å². The largest absolute Gasteiger partial charge is 0.455 e. The molecule has 0 amide bonds. The van der Waals surface area contributed by atoms with Gasteiger partial charge >= 0.3 is 0 Å². The molecule has 0 fully saturated rings. The van der Waals surface area contributed by atoms with Crippen LogP contribution in [0, 0.1) is 5.92 Å². The average molecular weight is 128 g/mol. The van der Waals surface area contributed by atoms with E-state index in [0.717, 1.165) is 5.90 Å². The lowest BCUT2D eigenvalue weighted by molar-refractivity contribution is 0.199. The molecule has 1 aliphatic heterocycles. The molecular weight excluding hydrogens is 116 g/mol. The van der Waals surface area contributed by atoms with E-state index < -0.39 is 0 Å². The summed E-state index contributed by atoms with van der Waals surface area (Å²) in [7, 11) is 0. The highest BCUT2D eigenvalue weighted by molar-refractivity contribution is 5.78. The van der Waals surface area contributed by atoms with Gasteiger partial charge in [0.1, 0.15) is 0 Å². The second kappa shape index (κ2) is 2.25. The molecule has 52 valence electrons. The van der Waals surface area contributed by atoms with E-state index in [2.05, 4.69) is 24.4 Å². The van der Waals surface area contributed by atoms with Crippen molar-refractivity contribution < 1.29 is 4.74 Å². The van der Waals surface area contributed by atoms with Crippen molar-refractivity contribution in [3.05, 3.63) is 0 Å². The second-order valence-corrected chi connectivity index (χ2v) is 2.49. The van der Waals surface area contributed by atoms with Crippen LogP contribution < -0.4 is 5.43 Å². The first-order valence-electron chi connectivity index (χ1n) is 3.20. The molecule has 0 radical (unpaired) electrons. The number of hydrogen-bond acceptors (Lipinski definition) is 3. The van der Waals surface area contributed by atoms with Gasteiger partial charge in [-0.05, 0) is 6.92 Å². The third-order valence-electron chi connectivity index (χ3n) is 1.15. The Morgan fingerprint density at radius 2 is 2.33 bits per heavy atom. The first-order valence-corrected chi connectivity index (χ1v) is 3.20. The summed E-state index contributed by atoms with van der Waals surface area (Å²) in [5.74, 6) is 1.20. The van der Waals surface area contributed by atoms with Crippen molar-refractivity contribution >= 4 is 5.90 Å². The molecule has 0 spiro atoms. The third kappa shape index (κ3) is 1.34.